The van der Waals surface area contributed by atoms with Crippen LogP contribution in [0.5, 0.6) is 0 Å². The number of nitrogens with zero attached hydrogens (tertiary/aromatic N) is 3. The fourth-order valence-corrected chi connectivity index (χ4v) is 2.53. The van der Waals surface area contributed by atoms with Gasteiger partial charge in [-0.25, -0.2) is 20.2 Å². The highest BCUT2D eigenvalue weighted by Gasteiger charge is 2.28. The Labute approximate surface area is 204 Å². The number of aromatic nitrogens is 2. The number of hydrogen-bond donors (Lipinski definition) is 4. The summed E-state index contributed by atoms with van der Waals surface area (Å²) in [6.07, 6.45) is 3.73. The second-order valence-electron chi connectivity index (χ2n) is 7.59. The molecule has 0 spiro atoms. The molecule has 11 heteroatoms. The van der Waals surface area contributed by atoms with Crippen LogP contribution in [-0.4, -0.2) is 39.2 Å². The summed E-state index contributed by atoms with van der Waals surface area (Å²) in [5.74, 6) is -3.44. The molecule has 0 radical (unpaired) electrons. The average Bonchev–Trinajstić information content (AvgIpc) is 2.80. The number of nitrogens with one attached hydrogen (secondary N) is 3. The van der Waals surface area contributed by atoms with E-state index in [1.807, 2.05) is 6.92 Å². The van der Waals surface area contributed by atoms with Gasteiger partial charge in [0, 0.05) is 18.7 Å². The summed E-state index contributed by atoms with van der Waals surface area (Å²) >= 11 is 0. The molecule has 0 saturated carbocycles. The minimum atomic E-state index is -3.27. The minimum absolute atomic E-state index is 0.115. The fraction of sp³-hybridized carbons (Fsp3) is 0.417. The Morgan fingerprint density at radius 3 is 2.40 bits per heavy atom. The number of hydrazine groups is 1. The lowest BCUT2D eigenvalue weighted by molar-refractivity contribution is -0.0840. The summed E-state index contributed by atoms with van der Waals surface area (Å²) in [7, 11) is 0. The third kappa shape index (κ3) is 10.0. The van der Waals surface area contributed by atoms with Crippen LogP contribution < -0.4 is 10.7 Å². The average molecular weight is 493 g/mol. The van der Waals surface area contributed by atoms with Crippen molar-refractivity contribution in [2.75, 3.05) is 11.9 Å². The molecule has 1 aromatic heterocycles. The SMILES string of the molecule is CCC.CCCCO/C(C)=C(/C=N)N(O)NC(=O)Nc1nc(-c2ccccc2)cc(C(C)(F)F)n1. The van der Waals surface area contributed by atoms with Gasteiger partial charge in [0.1, 0.15) is 17.2 Å². The Hall–Kier alpha value is -3.60. The lowest BCUT2D eigenvalue weighted by Crippen LogP contribution is -2.43. The Balaban J connectivity index is 0.00000194. The van der Waals surface area contributed by atoms with Gasteiger partial charge in [-0.1, -0.05) is 63.9 Å². The highest BCUT2D eigenvalue weighted by molar-refractivity contribution is 5.88. The minimum Gasteiger partial charge on any atom is -0.496 e. The van der Waals surface area contributed by atoms with Crippen LogP contribution in [0.4, 0.5) is 19.5 Å². The summed E-state index contributed by atoms with van der Waals surface area (Å²) < 4.78 is 33.3. The van der Waals surface area contributed by atoms with E-state index < -0.39 is 17.6 Å². The predicted molar refractivity (Wildman–Crippen MR) is 131 cm³/mol. The third-order valence-corrected chi connectivity index (χ3v) is 4.22. The van der Waals surface area contributed by atoms with E-state index >= 15 is 0 Å². The Morgan fingerprint density at radius 2 is 1.86 bits per heavy atom. The molecule has 0 fully saturated rings. The van der Waals surface area contributed by atoms with Crippen molar-refractivity contribution < 1.29 is 23.5 Å². The molecular weight excluding hydrogens is 458 g/mol. The lowest BCUT2D eigenvalue weighted by Gasteiger charge is -2.20. The molecule has 2 amide bonds. The molecule has 0 saturated heterocycles. The van der Waals surface area contributed by atoms with E-state index in [0.29, 0.717) is 24.3 Å². The maximum absolute atomic E-state index is 13.9. The maximum atomic E-state index is 13.9. The summed E-state index contributed by atoms with van der Waals surface area (Å²) in [5, 5.41) is 20.1. The molecule has 2 aromatic rings. The first-order valence-electron chi connectivity index (χ1n) is 11.3. The molecule has 1 heterocycles. The topological polar surface area (TPSA) is 123 Å². The monoisotopic (exact) mass is 492 g/mol. The smallest absolute Gasteiger partial charge is 0.342 e. The van der Waals surface area contributed by atoms with Gasteiger partial charge in [-0.3, -0.25) is 10.5 Å². The summed E-state index contributed by atoms with van der Waals surface area (Å²) in [6.45, 7) is 8.83. The van der Waals surface area contributed by atoms with Gasteiger partial charge in [-0.2, -0.15) is 14.0 Å². The zero-order valence-corrected chi connectivity index (χ0v) is 20.7. The van der Waals surface area contributed by atoms with Crippen molar-refractivity contribution in [3.63, 3.8) is 0 Å². The number of halogens is 2. The molecule has 0 atom stereocenters. The van der Waals surface area contributed by atoms with Crippen LogP contribution in [0.2, 0.25) is 0 Å². The number of carbonyl (C=O) groups is 1. The molecule has 192 valence electrons. The first-order chi connectivity index (χ1) is 16.6. The number of ether oxygens (including phenoxy) is 1. The molecule has 0 aliphatic carbocycles. The number of urea groups is 1. The third-order valence-electron chi connectivity index (χ3n) is 4.22. The molecule has 0 bridgehead atoms. The predicted octanol–water partition coefficient (Wildman–Crippen LogP) is 6.10. The van der Waals surface area contributed by atoms with Gasteiger partial charge in [0.05, 0.1) is 12.3 Å². The van der Waals surface area contributed by atoms with E-state index in [9.17, 15) is 18.8 Å². The van der Waals surface area contributed by atoms with Crippen molar-refractivity contribution in [1.82, 2.24) is 20.6 Å². The molecule has 0 unspecified atom stereocenters. The van der Waals surface area contributed by atoms with Crippen LogP contribution in [0, 0.1) is 5.41 Å². The number of unbranched alkanes of at least 4 members (excludes halogenated alkanes) is 1. The maximum Gasteiger partial charge on any atom is 0.342 e. The van der Waals surface area contributed by atoms with Crippen LogP contribution in [-0.2, 0) is 10.7 Å². The first kappa shape index (κ1) is 29.4. The number of allylic oxidation sites excluding steroid dienone is 2. The number of rotatable bonds is 10. The molecule has 4 N–H and O–H groups in total. The first-order valence-corrected chi connectivity index (χ1v) is 11.3. The van der Waals surface area contributed by atoms with Crippen molar-refractivity contribution in [2.24, 2.45) is 0 Å². The molecular formula is C24H34F2N6O3. The summed E-state index contributed by atoms with van der Waals surface area (Å²) in [6, 6.07) is 8.71. The van der Waals surface area contributed by atoms with Gasteiger partial charge < -0.3 is 10.1 Å². The van der Waals surface area contributed by atoms with Gasteiger partial charge in [-0.05, 0) is 19.4 Å². The highest BCUT2D eigenvalue weighted by atomic mass is 19.3. The Kier molecular flexibility index (Phi) is 12.3. The van der Waals surface area contributed by atoms with Gasteiger partial charge in [0.15, 0.2) is 0 Å². The lowest BCUT2D eigenvalue weighted by atomic mass is 10.1. The van der Waals surface area contributed by atoms with E-state index in [0.717, 1.165) is 25.1 Å². The Bertz CT molecular complexity index is 981. The molecule has 2 rings (SSSR count). The van der Waals surface area contributed by atoms with Gasteiger partial charge in [0.25, 0.3) is 5.92 Å². The van der Waals surface area contributed by atoms with E-state index in [2.05, 4.69) is 34.6 Å². The van der Waals surface area contributed by atoms with Gasteiger partial charge >= 0.3 is 6.03 Å². The van der Waals surface area contributed by atoms with Crippen molar-refractivity contribution >= 4 is 18.2 Å². The number of hydrogen-bond acceptors (Lipinski definition) is 7. The number of alkyl halides is 2. The fourth-order valence-electron chi connectivity index (χ4n) is 2.53. The van der Waals surface area contributed by atoms with E-state index in [1.54, 1.807) is 30.3 Å². The molecule has 1 aromatic carbocycles. The van der Waals surface area contributed by atoms with Crippen LogP contribution in [0.1, 0.15) is 59.6 Å². The zero-order chi connectivity index (χ0) is 26.4. The van der Waals surface area contributed by atoms with Crippen molar-refractivity contribution in [1.29, 1.82) is 5.41 Å². The number of anilines is 1. The van der Waals surface area contributed by atoms with Crippen LogP contribution in [0.3, 0.4) is 0 Å². The van der Waals surface area contributed by atoms with Gasteiger partial charge in [0.2, 0.25) is 5.95 Å². The summed E-state index contributed by atoms with van der Waals surface area (Å²) in [4.78, 5) is 20.1. The quantitative estimate of drug-likeness (QED) is 0.138. The zero-order valence-electron chi connectivity index (χ0n) is 20.7. The van der Waals surface area contributed by atoms with Crippen LogP contribution in [0.15, 0.2) is 47.9 Å². The Morgan fingerprint density at radius 1 is 1.23 bits per heavy atom. The van der Waals surface area contributed by atoms with Crippen LogP contribution in [0.25, 0.3) is 11.3 Å². The highest BCUT2D eigenvalue weighted by Crippen LogP contribution is 2.29. The van der Waals surface area contributed by atoms with Crippen molar-refractivity contribution in [3.8, 4) is 11.3 Å². The number of benzene rings is 1. The molecule has 0 aliphatic rings. The number of amides is 2. The van der Waals surface area contributed by atoms with Gasteiger partial charge in [-0.15, -0.1) is 0 Å². The van der Waals surface area contributed by atoms with E-state index in [4.69, 9.17) is 10.1 Å². The van der Waals surface area contributed by atoms with E-state index in [1.165, 1.54) is 13.3 Å². The number of hydroxylamine groups is 1. The van der Waals surface area contributed by atoms with Crippen molar-refractivity contribution in [3.05, 3.63) is 53.5 Å². The normalized spacial score (nSPS) is 11.4. The van der Waals surface area contributed by atoms with Crippen molar-refractivity contribution in [2.45, 2.75) is 59.8 Å². The second-order valence-corrected chi connectivity index (χ2v) is 7.59. The van der Waals surface area contributed by atoms with Crippen LogP contribution >= 0.6 is 0 Å². The second kappa shape index (κ2) is 14.6. The molecule has 9 nitrogen and oxygen atoms in total. The van der Waals surface area contributed by atoms with E-state index in [-0.39, 0.29) is 23.1 Å². The summed E-state index contributed by atoms with van der Waals surface area (Å²) in [5.41, 5.74) is 2.10. The molecule has 35 heavy (non-hydrogen) atoms. The number of carbonyl (C=O) groups excluding carboxylic acids is 1. The molecule has 0 aliphatic heterocycles. The largest absolute Gasteiger partial charge is 0.496 e. The standard InChI is InChI=1S/C21H26F2N6O3.C3H8/c1-4-5-11-32-14(2)17(13-24)29(31)28-20(30)27-19-25-16(15-9-7-6-8-10-15)12-18(26-19)21(3,22)23;1-3-2/h6-10,12-13,24,31H,4-5,11H2,1-3H3,(H2,25,26,27,28,30);3H2,1-2H3/b17-14-,24-13?;.